The van der Waals surface area contributed by atoms with Crippen molar-refractivity contribution in [2.24, 2.45) is 5.92 Å². The molecule has 1 saturated carbocycles. The van der Waals surface area contributed by atoms with Gasteiger partial charge in [-0.3, -0.25) is 0 Å². The van der Waals surface area contributed by atoms with Crippen molar-refractivity contribution in [1.29, 1.82) is 0 Å². The van der Waals surface area contributed by atoms with Crippen molar-refractivity contribution in [3.63, 3.8) is 0 Å². The fourth-order valence-electron chi connectivity index (χ4n) is 3.32. The molecule has 0 amide bonds. The SMILES string of the molecule is CCNC(CCCS(=O)(=O)CC)C1CCCCCCC1. The van der Waals surface area contributed by atoms with Gasteiger partial charge in [0.15, 0.2) is 0 Å². The Morgan fingerprint density at radius 2 is 1.65 bits per heavy atom. The Kier molecular flexibility index (Phi) is 8.78. The maximum atomic E-state index is 11.6. The van der Waals surface area contributed by atoms with Crippen molar-refractivity contribution >= 4 is 9.84 Å². The van der Waals surface area contributed by atoms with E-state index in [1.807, 2.05) is 0 Å². The first-order valence-electron chi connectivity index (χ1n) is 8.53. The highest BCUT2D eigenvalue weighted by Crippen LogP contribution is 2.27. The highest BCUT2D eigenvalue weighted by atomic mass is 32.2. The molecule has 0 aromatic rings. The van der Waals surface area contributed by atoms with Gasteiger partial charge < -0.3 is 5.32 Å². The van der Waals surface area contributed by atoms with Gasteiger partial charge in [-0.05, 0) is 38.1 Å². The molecule has 4 heteroatoms. The van der Waals surface area contributed by atoms with Gasteiger partial charge >= 0.3 is 0 Å². The Hall–Kier alpha value is -0.0900. The molecule has 20 heavy (non-hydrogen) atoms. The lowest BCUT2D eigenvalue weighted by molar-refractivity contribution is 0.275. The molecule has 120 valence electrons. The zero-order chi connectivity index (χ0) is 14.8. The molecule has 0 aliphatic heterocycles. The van der Waals surface area contributed by atoms with Crippen LogP contribution in [-0.4, -0.2) is 32.5 Å². The predicted molar refractivity (Wildman–Crippen MR) is 86.8 cm³/mol. The first-order chi connectivity index (χ1) is 9.59. The molecule has 1 fully saturated rings. The third-order valence-electron chi connectivity index (χ3n) is 4.60. The maximum Gasteiger partial charge on any atom is 0.150 e. The van der Waals surface area contributed by atoms with Crippen LogP contribution in [0.15, 0.2) is 0 Å². The fourth-order valence-corrected chi connectivity index (χ4v) is 4.22. The third kappa shape index (κ3) is 7.07. The summed E-state index contributed by atoms with van der Waals surface area (Å²) in [5, 5.41) is 3.61. The highest BCUT2D eigenvalue weighted by molar-refractivity contribution is 7.91. The molecule has 0 bridgehead atoms. The molecule has 0 radical (unpaired) electrons. The van der Waals surface area contributed by atoms with E-state index in [1.54, 1.807) is 6.92 Å². The lowest BCUT2D eigenvalue weighted by Gasteiger charge is -2.29. The van der Waals surface area contributed by atoms with Gasteiger partial charge in [-0.25, -0.2) is 8.42 Å². The van der Waals surface area contributed by atoms with E-state index >= 15 is 0 Å². The molecule has 0 saturated heterocycles. The maximum absolute atomic E-state index is 11.6. The molecule has 1 aliphatic rings. The Morgan fingerprint density at radius 3 is 2.20 bits per heavy atom. The van der Waals surface area contributed by atoms with E-state index in [-0.39, 0.29) is 5.75 Å². The van der Waals surface area contributed by atoms with Crippen molar-refractivity contribution in [1.82, 2.24) is 5.32 Å². The summed E-state index contributed by atoms with van der Waals surface area (Å²) in [6, 6.07) is 0.519. The van der Waals surface area contributed by atoms with E-state index in [9.17, 15) is 8.42 Å². The van der Waals surface area contributed by atoms with Crippen LogP contribution in [0.1, 0.15) is 71.6 Å². The van der Waals surface area contributed by atoms with Gasteiger partial charge in [0, 0.05) is 11.8 Å². The summed E-state index contributed by atoms with van der Waals surface area (Å²) in [5.74, 6) is 1.39. The smallest absolute Gasteiger partial charge is 0.150 e. The van der Waals surface area contributed by atoms with Gasteiger partial charge in [0.25, 0.3) is 0 Å². The van der Waals surface area contributed by atoms with E-state index in [0.29, 0.717) is 11.8 Å². The molecule has 1 rings (SSSR count). The quantitative estimate of drug-likeness (QED) is 0.746. The van der Waals surface area contributed by atoms with Crippen LogP contribution in [0.5, 0.6) is 0 Å². The normalized spacial score (nSPS) is 20.3. The Bertz CT molecular complexity index is 332. The lowest BCUT2D eigenvalue weighted by Crippen LogP contribution is -2.37. The van der Waals surface area contributed by atoms with Crippen LogP contribution in [0.4, 0.5) is 0 Å². The largest absolute Gasteiger partial charge is 0.314 e. The number of nitrogens with one attached hydrogen (secondary N) is 1. The summed E-state index contributed by atoms with van der Waals surface area (Å²) in [5.41, 5.74) is 0. The van der Waals surface area contributed by atoms with Crippen molar-refractivity contribution in [3.8, 4) is 0 Å². The summed E-state index contributed by atoms with van der Waals surface area (Å²) in [7, 11) is -2.80. The van der Waals surface area contributed by atoms with Gasteiger partial charge in [0.2, 0.25) is 0 Å². The number of rotatable bonds is 8. The second kappa shape index (κ2) is 9.78. The number of sulfone groups is 1. The zero-order valence-corrected chi connectivity index (χ0v) is 14.2. The summed E-state index contributed by atoms with van der Waals surface area (Å²) in [4.78, 5) is 0. The van der Waals surface area contributed by atoms with Crippen LogP contribution < -0.4 is 5.32 Å². The minimum atomic E-state index is -2.80. The van der Waals surface area contributed by atoms with E-state index in [2.05, 4.69) is 12.2 Å². The van der Waals surface area contributed by atoms with E-state index in [0.717, 1.165) is 25.3 Å². The second-order valence-electron chi connectivity index (χ2n) is 6.15. The summed E-state index contributed by atoms with van der Waals surface area (Å²) in [6.45, 7) is 4.88. The van der Waals surface area contributed by atoms with Gasteiger partial charge in [-0.15, -0.1) is 0 Å². The fraction of sp³-hybridized carbons (Fsp3) is 1.00. The standard InChI is InChI=1S/C16H33NO2S/c1-3-17-16(13-10-14-20(18,19)4-2)15-11-8-6-5-7-9-12-15/h15-17H,3-14H2,1-2H3. The van der Waals surface area contributed by atoms with E-state index in [1.165, 1.54) is 44.9 Å². The monoisotopic (exact) mass is 303 g/mol. The summed E-state index contributed by atoms with van der Waals surface area (Å²) in [6.07, 6.45) is 11.3. The molecule has 1 N–H and O–H groups in total. The minimum absolute atomic E-state index is 0.280. The van der Waals surface area contributed by atoms with E-state index in [4.69, 9.17) is 0 Å². The molecule has 1 unspecified atom stereocenters. The Morgan fingerprint density at radius 1 is 1.05 bits per heavy atom. The molecular formula is C16H33NO2S. The second-order valence-corrected chi connectivity index (χ2v) is 8.62. The average Bonchev–Trinajstić information content (AvgIpc) is 2.37. The molecular weight excluding hydrogens is 270 g/mol. The molecule has 0 heterocycles. The molecule has 3 nitrogen and oxygen atoms in total. The van der Waals surface area contributed by atoms with Crippen LogP contribution in [0, 0.1) is 5.92 Å². The summed E-state index contributed by atoms with van der Waals surface area (Å²) < 4.78 is 23.2. The number of hydrogen-bond acceptors (Lipinski definition) is 3. The lowest BCUT2D eigenvalue weighted by atomic mass is 9.84. The van der Waals surface area contributed by atoms with Gasteiger partial charge in [-0.1, -0.05) is 46.0 Å². The van der Waals surface area contributed by atoms with Crippen molar-refractivity contribution < 1.29 is 8.42 Å². The molecule has 1 aliphatic carbocycles. The van der Waals surface area contributed by atoms with Crippen molar-refractivity contribution in [2.45, 2.75) is 77.7 Å². The van der Waals surface area contributed by atoms with E-state index < -0.39 is 9.84 Å². The highest BCUT2D eigenvalue weighted by Gasteiger charge is 2.21. The van der Waals surface area contributed by atoms with Crippen molar-refractivity contribution in [2.75, 3.05) is 18.1 Å². The summed E-state index contributed by atoms with van der Waals surface area (Å²) >= 11 is 0. The first kappa shape index (κ1) is 18.0. The predicted octanol–water partition coefficient (Wildman–Crippen LogP) is 3.54. The average molecular weight is 304 g/mol. The third-order valence-corrected chi connectivity index (χ3v) is 6.39. The molecule has 1 atom stereocenters. The van der Waals surface area contributed by atoms with Crippen LogP contribution in [-0.2, 0) is 9.84 Å². The zero-order valence-electron chi connectivity index (χ0n) is 13.4. The topological polar surface area (TPSA) is 46.2 Å². The van der Waals surface area contributed by atoms with Crippen LogP contribution in [0.2, 0.25) is 0 Å². The molecule has 0 spiro atoms. The number of hydrogen-bond donors (Lipinski definition) is 1. The molecule has 0 aromatic heterocycles. The van der Waals surface area contributed by atoms with Gasteiger partial charge in [0.1, 0.15) is 9.84 Å². The Balaban J connectivity index is 2.45. The first-order valence-corrected chi connectivity index (χ1v) is 10.3. The van der Waals surface area contributed by atoms with Crippen LogP contribution in [0.25, 0.3) is 0 Å². The molecule has 0 aromatic carbocycles. The van der Waals surface area contributed by atoms with Gasteiger partial charge in [-0.2, -0.15) is 0 Å². The minimum Gasteiger partial charge on any atom is -0.314 e. The van der Waals surface area contributed by atoms with Gasteiger partial charge in [0.05, 0.1) is 5.75 Å². The Labute approximate surface area is 125 Å². The van der Waals surface area contributed by atoms with Crippen molar-refractivity contribution in [3.05, 3.63) is 0 Å². The van der Waals surface area contributed by atoms with Crippen LogP contribution >= 0.6 is 0 Å². The van der Waals surface area contributed by atoms with Crippen LogP contribution in [0.3, 0.4) is 0 Å².